The van der Waals surface area contributed by atoms with Crippen LogP contribution in [-0.4, -0.2) is 18.3 Å². The highest BCUT2D eigenvalue weighted by Gasteiger charge is 2.50. The molecule has 0 amide bonds. The second kappa shape index (κ2) is 7.64. The second-order valence-corrected chi connectivity index (χ2v) is 8.47. The first-order chi connectivity index (χ1) is 13.1. The predicted molar refractivity (Wildman–Crippen MR) is 111 cm³/mol. The Balaban J connectivity index is 1.64. The van der Waals surface area contributed by atoms with Crippen molar-refractivity contribution in [2.45, 2.75) is 65.3 Å². The summed E-state index contributed by atoms with van der Waals surface area (Å²) in [4.78, 5) is 11.9. The van der Waals surface area contributed by atoms with Crippen LogP contribution in [0, 0.1) is 0 Å². The van der Waals surface area contributed by atoms with Gasteiger partial charge < -0.3 is 9.47 Å². The van der Waals surface area contributed by atoms with E-state index in [2.05, 4.69) is 26.0 Å². The van der Waals surface area contributed by atoms with Crippen molar-refractivity contribution in [3.63, 3.8) is 0 Å². The van der Waals surface area contributed by atoms with E-state index < -0.39 is 11.2 Å². The molecule has 1 fully saturated rings. The third kappa shape index (κ3) is 4.10. The van der Waals surface area contributed by atoms with E-state index in [0.717, 1.165) is 22.7 Å². The molecule has 0 aromatic heterocycles. The maximum atomic E-state index is 5.94. The monoisotopic (exact) mass is 385 g/mol. The highest BCUT2D eigenvalue weighted by Crippen LogP contribution is 2.40. The lowest BCUT2D eigenvalue weighted by Gasteiger charge is -2.26. The smallest absolute Gasteiger partial charge is 0.124 e. The molecule has 2 aromatic carbocycles. The lowest BCUT2D eigenvalue weighted by atomic mass is 9.90. The predicted octanol–water partition coefficient (Wildman–Crippen LogP) is 5.64. The Bertz CT molecular complexity index is 796. The van der Waals surface area contributed by atoms with Gasteiger partial charge in [-0.3, -0.25) is 0 Å². The van der Waals surface area contributed by atoms with Crippen molar-refractivity contribution in [3.05, 3.63) is 53.6 Å². The van der Waals surface area contributed by atoms with Crippen LogP contribution < -0.4 is 14.7 Å². The molecule has 0 spiro atoms. The Kier molecular flexibility index (Phi) is 5.60. The zero-order valence-electron chi connectivity index (χ0n) is 17.9. The van der Waals surface area contributed by atoms with Crippen LogP contribution in [0.2, 0.25) is 0 Å². The molecular weight excluding hydrogens is 354 g/mol. The minimum atomic E-state index is -0.413. The molecule has 0 unspecified atom stereocenters. The third-order valence-electron chi connectivity index (χ3n) is 5.45. The van der Waals surface area contributed by atoms with Gasteiger partial charge in [0.1, 0.15) is 29.3 Å². The molecule has 152 valence electrons. The summed E-state index contributed by atoms with van der Waals surface area (Å²) in [5.41, 5.74) is 2.27. The number of rotatable bonds is 6. The van der Waals surface area contributed by atoms with Gasteiger partial charge in [0, 0.05) is 0 Å². The number of anilines is 1. The summed E-state index contributed by atoms with van der Waals surface area (Å²) in [5.74, 6) is 2.11. The van der Waals surface area contributed by atoms with Crippen molar-refractivity contribution >= 4 is 5.69 Å². The molecule has 5 nitrogen and oxygen atoms in total. The molecule has 1 aliphatic rings. The summed E-state index contributed by atoms with van der Waals surface area (Å²) in [7, 11) is 1.70. The van der Waals surface area contributed by atoms with Crippen LogP contribution in [-0.2, 0) is 16.3 Å². The molecule has 5 heteroatoms. The summed E-state index contributed by atoms with van der Waals surface area (Å²) < 4.78 is 11.5. The number of ether oxygens (including phenoxy) is 2. The molecule has 1 aliphatic heterocycles. The van der Waals surface area contributed by atoms with Crippen LogP contribution >= 0.6 is 0 Å². The van der Waals surface area contributed by atoms with Gasteiger partial charge in [0.05, 0.1) is 12.8 Å². The standard InChI is InChI=1S/C23H31NO4/c1-16(2)20-13-8-17(14-21(20)25-7)15-26-19-11-9-18(10-12-19)24-27-22(3,4)23(5,6)28-24/h8-14,16H,15H2,1-7H3. The number of nitrogens with zero attached hydrogens (tertiary/aromatic N) is 1. The summed E-state index contributed by atoms with van der Waals surface area (Å²) in [5, 5.41) is 1.49. The lowest BCUT2D eigenvalue weighted by molar-refractivity contribution is -0.0273. The number of methoxy groups -OCH3 is 1. The molecule has 1 heterocycles. The fraction of sp³-hybridized carbons (Fsp3) is 0.478. The summed E-state index contributed by atoms with van der Waals surface area (Å²) in [6, 6.07) is 13.9. The van der Waals surface area contributed by atoms with Crippen molar-refractivity contribution < 1.29 is 19.1 Å². The van der Waals surface area contributed by atoms with Gasteiger partial charge in [-0.05, 0) is 75.1 Å². The van der Waals surface area contributed by atoms with E-state index in [1.165, 1.54) is 10.8 Å². The summed E-state index contributed by atoms with van der Waals surface area (Å²) in [6.45, 7) is 12.9. The van der Waals surface area contributed by atoms with Gasteiger partial charge in [-0.1, -0.05) is 26.0 Å². The van der Waals surface area contributed by atoms with E-state index in [1.54, 1.807) is 7.11 Å². The largest absolute Gasteiger partial charge is 0.496 e. The molecule has 28 heavy (non-hydrogen) atoms. The fourth-order valence-corrected chi connectivity index (χ4v) is 2.91. The van der Waals surface area contributed by atoms with E-state index in [0.29, 0.717) is 12.5 Å². The maximum absolute atomic E-state index is 5.94. The molecule has 0 aliphatic carbocycles. The highest BCUT2D eigenvalue weighted by atomic mass is 17.0. The Labute approximate surface area is 168 Å². The molecule has 2 aromatic rings. The van der Waals surface area contributed by atoms with Crippen LogP contribution in [0.25, 0.3) is 0 Å². The van der Waals surface area contributed by atoms with Crippen LogP contribution in [0.15, 0.2) is 42.5 Å². The summed E-state index contributed by atoms with van der Waals surface area (Å²) >= 11 is 0. The van der Waals surface area contributed by atoms with Gasteiger partial charge in [0.15, 0.2) is 0 Å². The topological polar surface area (TPSA) is 40.2 Å². The average Bonchev–Trinajstić information content (AvgIpc) is 2.87. The zero-order chi connectivity index (χ0) is 20.5. The Hall–Kier alpha value is -2.24. The van der Waals surface area contributed by atoms with Crippen LogP contribution in [0.1, 0.15) is 58.6 Å². The Morgan fingerprint density at radius 3 is 2.07 bits per heavy atom. The number of hydrogen-bond acceptors (Lipinski definition) is 5. The highest BCUT2D eigenvalue weighted by molar-refractivity contribution is 5.46. The van der Waals surface area contributed by atoms with Gasteiger partial charge in [-0.25, -0.2) is 9.68 Å². The van der Waals surface area contributed by atoms with Crippen molar-refractivity contribution in [1.29, 1.82) is 0 Å². The van der Waals surface area contributed by atoms with Gasteiger partial charge in [-0.15, -0.1) is 5.23 Å². The normalized spacial score (nSPS) is 17.8. The maximum Gasteiger partial charge on any atom is 0.124 e. The van der Waals surface area contributed by atoms with Gasteiger partial charge in [-0.2, -0.15) is 0 Å². The minimum Gasteiger partial charge on any atom is -0.496 e. The molecule has 0 atom stereocenters. The van der Waals surface area contributed by atoms with Crippen LogP contribution in [0.5, 0.6) is 11.5 Å². The van der Waals surface area contributed by atoms with E-state index >= 15 is 0 Å². The quantitative estimate of drug-likeness (QED) is 0.644. The second-order valence-electron chi connectivity index (χ2n) is 8.47. The van der Waals surface area contributed by atoms with Crippen LogP contribution in [0.3, 0.4) is 0 Å². The van der Waals surface area contributed by atoms with Gasteiger partial charge >= 0.3 is 0 Å². The number of benzene rings is 2. The summed E-state index contributed by atoms with van der Waals surface area (Å²) in [6.07, 6.45) is 0. The van der Waals surface area contributed by atoms with Crippen molar-refractivity contribution in [2.24, 2.45) is 0 Å². The van der Waals surface area contributed by atoms with Crippen molar-refractivity contribution in [3.8, 4) is 11.5 Å². The van der Waals surface area contributed by atoms with Crippen molar-refractivity contribution in [1.82, 2.24) is 0 Å². The fourth-order valence-electron chi connectivity index (χ4n) is 2.91. The molecule has 0 bridgehead atoms. The Morgan fingerprint density at radius 1 is 0.929 bits per heavy atom. The first-order valence-electron chi connectivity index (χ1n) is 9.71. The van der Waals surface area contributed by atoms with Crippen molar-refractivity contribution in [2.75, 3.05) is 12.3 Å². The van der Waals surface area contributed by atoms with Gasteiger partial charge in [0.2, 0.25) is 0 Å². The Morgan fingerprint density at radius 2 is 1.54 bits per heavy atom. The third-order valence-corrected chi connectivity index (χ3v) is 5.45. The first-order valence-corrected chi connectivity index (χ1v) is 9.71. The van der Waals surface area contributed by atoms with E-state index in [1.807, 2.05) is 58.0 Å². The SMILES string of the molecule is COc1cc(COc2ccc(N3OC(C)(C)C(C)(C)O3)cc2)ccc1C(C)C. The van der Waals surface area contributed by atoms with Gasteiger partial charge in [0.25, 0.3) is 0 Å². The average molecular weight is 386 g/mol. The molecule has 0 saturated carbocycles. The molecule has 3 rings (SSSR count). The zero-order valence-corrected chi connectivity index (χ0v) is 17.9. The van der Waals surface area contributed by atoms with E-state index in [4.69, 9.17) is 19.1 Å². The van der Waals surface area contributed by atoms with Crippen LogP contribution in [0.4, 0.5) is 5.69 Å². The molecule has 0 radical (unpaired) electrons. The molecular formula is C23H31NO4. The number of hydrogen-bond donors (Lipinski definition) is 0. The minimum absolute atomic E-state index is 0.413. The lowest BCUT2D eigenvalue weighted by Crippen LogP contribution is -2.41. The first kappa shape index (κ1) is 20.5. The van der Waals surface area contributed by atoms with E-state index in [9.17, 15) is 0 Å². The molecule has 1 saturated heterocycles. The molecule has 0 N–H and O–H groups in total. The van der Waals surface area contributed by atoms with E-state index in [-0.39, 0.29) is 0 Å².